The first-order valence-electron chi connectivity index (χ1n) is 6.17. The van der Waals surface area contributed by atoms with Crippen LogP contribution in [-0.2, 0) is 9.59 Å². The third-order valence-electron chi connectivity index (χ3n) is 3.22. The fourth-order valence-electron chi connectivity index (χ4n) is 2.28. The highest BCUT2D eigenvalue weighted by atomic mass is 32.1. The van der Waals surface area contributed by atoms with E-state index in [4.69, 9.17) is 0 Å². The van der Waals surface area contributed by atoms with Crippen LogP contribution in [0.4, 0.5) is 5.13 Å². The third-order valence-corrected chi connectivity index (χ3v) is 3.98. The summed E-state index contributed by atoms with van der Waals surface area (Å²) in [4.78, 5) is 39.8. The summed E-state index contributed by atoms with van der Waals surface area (Å²) in [5.41, 5.74) is 0.166. The molecule has 0 aliphatic carbocycles. The topological polar surface area (TPSA) is 99.6 Å². The van der Waals surface area contributed by atoms with E-state index in [-0.39, 0.29) is 17.5 Å². The van der Waals surface area contributed by atoms with E-state index in [2.05, 4.69) is 10.3 Å². The summed E-state index contributed by atoms with van der Waals surface area (Å²) in [7, 11) is 0. The number of carbonyl (C=O) groups is 3. The fourth-order valence-corrected chi connectivity index (χ4v) is 3.01. The average Bonchev–Trinajstić information content (AvgIpc) is 2.94. The minimum atomic E-state index is -0.999. The van der Waals surface area contributed by atoms with Crippen molar-refractivity contribution >= 4 is 34.3 Å². The number of hydrogen-bond donors (Lipinski definition) is 2. The number of likely N-dealkylation sites (tertiary alicyclic amines) is 1. The van der Waals surface area contributed by atoms with Gasteiger partial charge in [0.15, 0.2) is 5.13 Å². The van der Waals surface area contributed by atoms with Crippen LogP contribution in [0.5, 0.6) is 0 Å². The molecule has 20 heavy (non-hydrogen) atoms. The molecule has 1 aliphatic rings. The van der Waals surface area contributed by atoms with Crippen LogP contribution in [-0.4, -0.2) is 45.4 Å². The quantitative estimate of drug-likeness (QED) is 0.868. The van der Waals surface area contributed by atoms with E-state index in [1.165, 1.54) is 17.2 Å². The largest absolute Gasteiger partial charge is 0.480 e. The summed E-state index contributed by atoms with van der Waals surface area (Å²) >= 11 is 1.14. The second-order valence-electron chi connectivity index (χ2n) is 4.77. The van der Waals surface area contributed by atoms with Gasteiger partial charge in [0.2, 0.25) is 5.91 Å². The van der Waals surface area contributed by atoms with Gasteiger partial charge in [-0.1, -0.05) is 6.92 Å². The lowest BCUT2D eigenvalue weighted by molar-refractivity contribution is -0.142. The third kappa shape index (κ3) is 2.79. The van der Waals surface area contributed by atoms with Crippen molar-refractivity contribution in [2.75, 3.05) is 11.9 Å². The van der Waals surface area contributed by atoms with E-state index in [9.17, 15) is 19.5 Å². The van der Waals surface area contributed by atoms with Crippen molar-refractivity contribution in [3.63, 3.8) is 0 Å². The molecule has 0 aromatic carbocycles. The van der Waals surface area contributed by atoms with Gasteiger partial charge in [0.25, 0.3) is 5.91 Å². The van der Waals surface area contributed by atoms with E-state index in [1.54, 1.807) is 0 Å². The van der Waals surface area contributed by atoms with Crippen LogP contribution in [0.15, 0.2) is 5.38 Å². The van der Waals surface area contributed by atoms with Crippen LogP contribution in [0.25, 0.3) is 0 Å². The molecule has 1 aliphatic heterocycles. The summed E-state index contributed by atoms with van der Waals surface area (Å²) in [5.74, 6) is -1.75. The van der Waals surface area contributed by atoms with Crippen molar-refractivity contribution in [3.8, 4) is 0 Å². The lowest BCUT2D eigenvalue weighted by Crippen LogP contribution is -2.42. The second-order valence-corrected chi connectivity index (χ2v) is 5.62. The van der Waals surface area contributed by atoms with Gasteiger partial charge in [-0.05, 0) is 12.3 Å². The molecule has 108 valence electrons. The smallest absolute Gasteiger partial charge is 0.326 e. The van der Waals surface area contributed by atoms with Crippen molar-refractivity contribution < 1.29 is 19.5 Å². The molecule has 1 fully saturated rings. The van der Waals surface area contributed by atoms with E-state index >= 15 is 0 Å². The highest BCUT2D eigenvalue weighted by molar-refractivity contribution is 7.14. The average molecular weight is 297 g/mol. The first-order valence-corrected chi connectivity index (χ1v) is 7.05. The number of nitrogens with zero attached hydrogens (tertiary/aromatic N) is 2. The second kappa shape index (κ2) is 5.58. The van der Waals surface area contributed by atoms with Crippen LogP contribution in [0.3, 0.4) is 0 Å². The normalized spacial score (nSPS) is 21.8. The maximum Gasteiger partial charge on any atom is 0.326 e. The molecule has 0 radical (unpaired) electrons. The molecule has 2 amide bonds. The van der Waals surface area contributed by atoms with Gasteiger partial charge < -0.3 is 15.3 Å². The van der Waals surface area contributed by atoms with Gasteiger partial charge in [-0.15, -0.1) is 11.3 Å². The number of hydrogen-bond acceptors (Lipinski definition) is 5. The van der Waals surface area contributed by atoms with Gasteiger partial charge >= 0.3 is 5.97 Å². The van der Waals surface area contributed by atoms with Crippen molar-refractivity contribution in [1.29, 1.82) is 0 Å². The Labute approximate surface area is 119 Å². The van der Waals surface area contributed by atoms with Crippen molar-refractivity contribution in [2.24, 2.45) is 5.92 Å². The van der Waals surface area contributed by atoms with Gasteiger partial charge in [0.1, 0.15) is 11.7 Å². The maximum absolute atomic E-state index is 12.3. The highest BCUT2D eigenvalue weighted by Crippen LogP contribution is 2.27. The number of anilines is 1. The molecule has 2 heterocycles. The Balaban J connectivity index is 2.16. The van der Waals surface area contributed by atoms with Crippen molar-refractivity contribution in [3.05, 3.63) is 11.1 Å². The van der Waals surface area contributed by atoms with Crippen molar-refractivity contribution in [1.82, 2.24) is 9.88 Å². The zero-order valence-corrected chi connectivity index (χ0v) is 11.9. The van der Waals surface area contributed by atoms with E-state index in [0.717, 1.165) is 11.3 Å². The van der Waals surface area contributed by atoms with Gasteiger partial charge in [-0.3, -0.25) is 9.59 Å². The van der Waals surface area contributed by atoms with E-state index in [1.807, 2.05) is 6.92 Å². The van der Waals surface area contributed by atoms with E-state index < -0.39 is 17.9 Å². The molecule has 8 heteroatoms. The lowest BCUT2D eigenvalue weighted by Gasteiger charge is -2.22. The number of nitrogens with one attached hydrogen (secondary N) is 1. The molecular formula is C12H15N3O4S. The minimum absolute atomic E-state index is 0.0788. The van der Waals surface area contributed by atoms with Crippen molar-refractivity contribution in [2.45, 2.75) is 26.3 Å². The first-order chi connectivity index (χ1) is 9.40. The zero-order valence-electron chi connectivity index (χ0n) is 11.1. The van der Waals surface area contributed by atoms with Gasteiger partial charge in [-0.25, -0.2) is 9.78 Å². The van der Waals surface area contributed by atoms with Crippen LogP contribution in [0.1, 0.15) is 30.8 Å². The number of rotatable bonds is 3. The number of amides is 2. The highest BCUT2D eigenvalue weighted by Gasteiger charge is 2.40. The molecule has 2 N–H and O–H groups in total. The minimum Gasteiger partial charge on any atom is -0.480 e. The predicted molar refractivity (Wildman–Crippen MR) is 72.7 cm³/mol. The maximum atomic E-state index is 12.3. The molecule has 2 unspecified atom stereocenters. The number of carbonyl (C=O) groups excluding carboxylic acids is 2. The molecule has 0 saturated carbocycles. The molecule has 2 atom stereocenters. The zero-order chi connectivity index (χ0) is 14.9. The summed E-state index contributed by atoms with van der Waals surface area (Å²) in [6.07, 6.45) is 0.658. The lowest BCUT2D eigenvalue weighted by atomic mass is 10.0. The summed E-state index contributed by atoms with van der Waals surface area (Å²) in [6.45, 7) is 3.57. The standard InChI is InChI=1S/C12H15N3O4S/c1-6-3-4-15(9(6)11(18)19)10(17)8-5-20-12(14-8)13-7(2)16/h5-6,9H,3-4H2,1-2H3,(H,18,19)(H,13,14,16). The predicted octanol–water partition coefficient (Wildman–Crippen LogP) is 1.04. The van der Waals surface area contributed by atoms with Gasteiger partial charge in [0.05, 0.1) is 0 Å². The summed E-state index contributed by atoms with van der Waals surface area (Å²) in [6, 6.07) is -0.812. The summed E-state index contributed by atoms with van der Waals surface area (Å²) < 4.78 is 0. The van der Waals surface area contributed by atoms with Crippen LogP contribution in [0, 0.1) is 5.92 Å². The molecule has 0 bridgehead atoms. The number of thiazole rings is 1. The Morgan fingerprint density at radius 2 is 2.20 bits per heavy atom. The molecule has 1 aromatic heterocycles. The molecule has 2 rings (SSSR count). The van der Waals surface area contributed by atoms with E-state index in [0.29, 0.717) is 18.1 Å². The number of aliphatic carboxylic acids is 1. The molecule has 0 spiro atoms. The number of carboxylic acids is 1. The Kier molecular flexibility index (Phi) is 4.03. The Bertz CT molecular complexity index is 557. The Morgan fingerprint density at radius 1 is 1.50 bits per heavy atom. The number of aromatic nitrogens is 1. The first kappa shape index (κ1) is 14.4. The van der Waals surface area contributed by atoms with Gasteiger partial charge in [0, 0.05) is 18.8 Å². The van der Waals surface area contributed by atoms with Crippen LogP contribution >= 0.6 is 11.3 Å². The summed E-state index contributed by atoms with van der Waals surface area (Å²) in [5, 5.41) is 13.6. The number of carboxylic acid groups (broad SMARTS) is 1. The van der Waals surface area contributed by atoms with Gasteiger partial charge in [-0.2, -0.15) is 0 Å². The fraction of sp³-hybridized carbons (Fsp3) is 0.500. The molecular weight excluding hydrogens is 282 g/mol. The monoisotopic (exact) mass is 297 g/mol. The Morgan fingerprint density at radius 3 is 2.80 bits per heavy atom. The van der Waals surface area contributed by atoms with Crippen LogP contribution in [0.2, 0.25) is 0 Å². The van der Waals surface area contributed by atoms with Crippen LogP contribution < -0.4 is 5.32 Å². The Hall–Kier alpha value is -1.96. The molecule has 1 saturated heterocycles. The SMILES string of the molecule is CC(=O)Nc1nc(C(=O)N2CCC(C)C2C(=O)O)cs1. The molecule has 1 aromatic rings. The molecule has 7 nitrogen and oxygen atoms in total.